The van der Waals surface area contributed by atoms with Crippen molar-refractivity contribution in [3.8, 4) is 0 Å². The fourth-order valence-corrected chi connectivity index (χ4v) is 3.04. The van der Waals surface area contributed by atoms with Gasteiger partial charge < -0.3 is 0 Å². The lowest BCUT2D eigenvalue weighted by Gasteiger charge is -1.97. The molecule has 1 saturated carbocycles. The molecule has 1 heterocycles. The Morgan fingerprint density at radius 3 is 2.67 bits per heavy atom. The van der Waals surface area contributed by atoms with E-state index in [0.29, 0.717) is 5.78 Å². The Morgan fingerprint density at radius 2 is 2.00 bits per heavy atom. The van der Waals surface area contributed by atoms with Crippen LogP contribution in [0.1, 0.15) is 23.2 Å². The van der Waals surface area contributed by atoms with Crippen LogP contribution in [-0.4, -0.2) is 10.5 Å². The normalized spacial score (nSPS) is 22.8. The van der Waals surface area contributed by atoms with Crippen molar-refractivity contribution in [2.75, 3.05) is 0 Å². The average Bonchev–Trinajstić information content (AvgIpc) is 2.79. The molecule has 1 spiro atoms. The van der Waals surface area contributed by atoms with Crippen LogP contribution >= 0.6 is 11.8 Å². The molecule has 1 fully saturated rings. The van der Waals surface area contributed by atoms with Crippen molar-refractivity contribution in [3.05, 3.63) is 29.8 Å². The maximum absolute atomic E-state index is 11.8. The van der Waals surface area contributed by atoms with Crippen LogP contribution in [0.2, 0.25) is 0 Å². The largest absolute Gasteiger partial charge is 0.293 e. The highest BCUT2D eigenvalue weighted by atomic mass is 32.2. The molecule has 0 atom stereocenters. The molecule has 1 aliphatic heterocycles. The Morgan fingerprint density at radius 1 is 1.25 bits per heavy atom. The van der Waals surface area contributed by atoms with E-state index in [9.17, 15) is 4.79 Å². The van der Waals surface area contributed by atoms with E-state index in [1.54, 1.807) is 11.8 Å². The highest BCUT2D eigenvalue weighted by molar-refractivity contribution is 8.02. The van der Waals surface area contributed by atoms with Gasteiger partial charge in [0.05, 0.1) is 4.75 Å². The van der Waals surface area contributed by atoms with Crippen molar-refractivity contribution in [1.82, 2.24) is 0 Å². The fraction of sp³-hybridized carbons (Fsp3) is 0.300. The number of carbonyl (C=O) groups is 1. The minimum Gasteiger partial charge on any atom is -0.293 e. The predicted molar refractivity (Wildman–Crippen MR) is 48.6 cm³/mol. The van der Waals surface area contributed by atoms with Gasteiger partial charge in [0.25, 0.3) is 0 Å². The Bertz CT molecular complexity index is 366. The molecule has 0 unspecified atom stereocenters. The van der Waals surface area contributed by atoms with Gasteiger partial charge in [-0.25, -0.2) is 0 Å². The number of hydrogen-bond donors (Lipinski definition) is 0. The van der Waals surface area contributed by atoms with E-state index in [-0.39, 0.29) is 4.75 Å². The van der Waals surface area contributed by atoms with Crippen LogP contribution in [0.25, 0.3) is 0 Å². The lowest BCUT2D eigenvalue weighted by molar-refractivity contribution is 0.0983. The Kier molecular flexibility index (Phi) is 1.09. The number of rotatable bonds is 0. The number of ketones is 1. The number of hydrogen-bond acceptors (Lipinski definition) is 2. The molecule has 12 heavy (non-hydrogen) atoms. The first-order valence-corrected chi connectivity index (χ1v) is 4.96. The second-order valence-electron chi connectivity index (χ2n) is 3.42. The van der Waals surface area contributed by atoms with E-state index < -0.39 is 0 Å². The molecular formula is C10H8OS. The third-order valence-corrected chi connectivity index (χ3v) is 4.12. The summed E-state index contributed by atoms with van der Waals surface area (Å²) in [6.07, 6.45) is 2.15. The molecule has 0 bridgehead atoms. The molecule has 2 aliphatic rings. The van der Waals surface area contributed by atoms with E-state index in [4.69, 9.17) is 0 Å². The van der Waals surface area contributed by atoms with Gasteiger partial charge in [-0.15, -0.1) is 11.8 Å². The summed E-state index contributed by atoms with van der Waals surface area (Å²) in [6.45, 7) is 0. The van der Waals surface area contributed by atoms with Gasteiger partial charge in [-0.3, -0.25) is 4.79 Å². The van der Waals surface area contributed by atoms with Gasteiger partial charge in [-0.05, 0) is 18.9 Å². The van der Waals surface area contributed by atoms with Gasteiger partial charge in [0, 0.05) is 10.5 Å². The monoisotopic (exact) mass is 176 g/mol. The molecule has 0 saturated heterocycles. The third-order valence-electron chi connectivity index (χ3n) is 2.55. The first kappa shape index (κ1) is 6.72. The van der Waals surface area contributed by atoms with Crippen LogP contribution < -0.4 is 0 Å². The van der Waals surface area contributed by atoms with Crippen molar-refractivity contribution in [3.63, 3.8) is 0 Å². The minimum absolute atomic E-state index is 0.0102. The number of fused-ring (bicyclic) bond motifs is 1. The molecule has 3 rings (SSSR count). The predicted octanol–water partition coefficient (Wildman–Crippen LogP) is 2.51. The molecule has 0 N–H and O–H groups in total. The summed E-state index contributed by atoms with van der Waals surface area (Å²) in [5.74, 6) is 0.364. The number of Topliss-reactive ketones (excluding diaryl/α,β-unsaturated/α-hetero) is 1. The molecule has 0 aromatic heterocycles. The van der Waals surface area contributed by atoms with Crippen molar-refractivity contribution in [1.29, 1.82) is 0 Å². The lowest BCUT2D eigenvalue weighted by Crippen LogP contribution is -2.11. The van der Waals surface area contributed by atoms with E-state index in [1.165, 1.54) is 4.90 Å². The first-order chi connectivity index (χ1) is 5.82. The Labute approximate surface area is 75.2 Å². The fourth-order valence-electron chi connectivity index (χ4n) is 1.69. The number of benzene rings is 1. The Hall–Kier alpha value is -0.760. The van der Waals surface area contributed by atoms with Crippen LogP contribution in [-0.2, 0) is 0 Å². The van der Waals surface area contributed by atoms with Crippen LogP contribution in [0.15, 0.2) is 29.2 Å². The van der Waals surface area contributed by atoms with Gasteiger partial charge in [-0.2, -0.15) is 0 Å². The van der Waals surface area contributed by atoms with Crippen molar-refractivity contribution in [2.45, 2.75) is 22.5 Å². The number of thioether (sulfide) groups is 1. The van der Waals surface area contributed by atoms with Crippen molar-refractivity contribution in [2.24, 2.45) is 0 Å². The summed E-state index contributed by atoms with van der Waals surface area (Å²) in [6, 6.07) is 7.93. The molecule has 1 aromatic carbocycles. The molecule has 0 amide bonds. The van der Waals surface area contributed by atoms with Crippen LogP contribution in [0.5, 0.6) is 0 Å². The smallest absolute Gasteiger partial charge is 0.180 e. The zero-order valence-electron chi connectivity index (χ0n) is 6.54. The van der Waals surface area contributed by atoms with Gasteiger partial charge >= 0.3 is 0 Å². The standard InChI is InChI=1S/C10H8OS/c11-9-7-3-1-2-4-8(7)12-10(9)5-6-10/h1-4H,5-6H2. The summed E-state index contributed by atoms with van der Waals surface area (Å²) in [5.41, 5.74) is 0.944. The molecule has 1 nitrogen and oxygen atoms in total. The minimum atomic E-state index is -0.0102. The summed E-state index contributed by atoms with van der Waals surface area (Å²) < 4.78 is -0.0102. The van der Waals surface area contributed by atoms with Crippen molar-refractivity contribution < 1.29 is 4.79 Å². The van der Waals surface area contributed by atoms with E-state index in [2.05, 4.69) is 0 Å². The Balaban J connectivity index is 2.19. The zero-order valence-corrected chi connectivity index (χ0v) is 7.36. The van der Waals surface area contributed by atoms with Gasteiger partial charge in [-0.1, -0.05) is 18.2 Å². The van der Waals surface area contributed by atoms with E-state index >= 15 is 0 Å². The molecule has 60 valence electrons. The van der Waals surface area contributed by atoms with Crippen molar-refractivity contribution >= 4 is 17.5 Å². The summed E-state index contributed by atoms with van der Waals surface area (Å²) >= 11 is 1.76. The quantitative estimate of drug-likeness (QED) is 0.604. The van der Waals surface area contributed by atoms with Gasteiger partial charge in [0.1, 0.15) is 0 Å². The summed E-state index contributed by atoms with van der Waals surface area (Å²) in [7, 11) is 0. The summed E-state index contributed by atoms with van der Waals surface area (Å²) in [4.78, 5) is 12.9. The molecule has 1 aromatic rings. The SMILES string of the molecule is O=C1c2ccccc2SC12CC2. The summed E-state index contributed by atoms with van der Waals surface area (Å²) in [5, 5.41) is 0. The highest BCUT2D eigenvalue weighted by Gasteiger charge is 2.55. The molecule has 2 heteroatoms. The molecule has 1 aliphatic carbocycles. The average molecular weight is 176 g/mol. The van der Waals surface area contributed by atoms with E-state index in [1.807, 2.05) is 24.3 Å². The number of carbonyl (C=O) groups excluding carboxylic acids is 1. The van der Waals surface area contributed by atoms with Gasteiger partial charge in [0.2, 0.25) is 0 Å². The van der Waals surface area contributed by atoms with Crippen LogP contribution in [0.3, 0.4) is 0 Å². The third kappa shape index (κ3) is 0.686. The highest BCUT2D eigenvalue weighted by Crippen LogP contribution is 2.59. The zero-order chi connectivity index (χ0) is 8.18. The first-order valence-electron chi connectivity index (χ1n) is 4.15. The van der Waals surface area contributed by atoms with Gasteiger partial charge in [0.15, 0.2) is 5.78 Å². The second kappa shape index (κ2) is 1.94. The topological polar surface area (TPSA) is 17.1 Å². The maximum atomic E-state index is 11.8. The van der Waals surface area contributed by atoms with Crippen LogP contribution in [0, 0.1) is 0 Å². The molecular weight excluding hydrogens is 168 g/mol. The maximum Gasteiger partial charge on any atom is 0.180 e. The molecule has 0 radical (unpaired) electrons. The second-order valence-corrected chi connectivity index (χ2v) is 4.85. The lowest BCUT2D eigenvalue weighted by atomic mass is 10.1. The van der Waals surface area contributed by atoms with E-state index in [0.717, 1.165) is 18.4 Å². The van der Waals surface area contributed by atoms with Crippen LogP contribution in [0.4, 0.5) is 0 Å².